The van der Waals surface area contributed by atoms with E-state index in [9.17, 15) is 14.4 Å². The van der Waals surface area contributed by atoms with E-state index in [-0.39, 0.29) is 16.8 Å². The molecular formula is C21H22ClN2O3+. The van der Waals surface area contributed by atoms with Gasteiger partial charge >= 0.3 is 5.91 Å². The number of halogens is 1. The average Bonchev–Trinajstić information content (AvgIpc) is 3.01. The van der Waals surface area contributed by atoms with Crippen LogP contribution in [-0.4, -0.2) is 34.7 Å². The van der Waals surface area contributed by atoms with Crippen LogP contribution in [0.4, 0.5) is 0 Å². The standard InChI is InChI=1S/C21H21ClN2O3/c22-17-9-4-8-16(12-17)14-24(11-5-10-19(24)25)18(20(26)21(23)27)13-15-6-2-1-3-7-15/h1-4,6-9,12,18H,5,10-11,13-14H2,(H-,23,27)/p+1. The summed E-state index contributed by atoms with van der Waals surface area (Å²) in [4.78, 5) is 37.5. The molecule has 2 N–H and O–H groups in total. The van der Waals surface area contributed by atoms with Gasteiger partial charge in [-0.05, 0) is 17.7 Å². The third kappa shape index (κ3) is 4.10. The fourth-order valence-electron chi connectivity index (χ4n) is 3.92. The molecule has 5 nitrogen and oxygen atoms in total. The minimum atomic E-state index is -1.00. The third-order valence-electron chi connectivity index (χ3n) is 5.21. The van der Waals surface area contributed by atoms with Gasteiger partial charge in [-0.15, -0.1) is 0 Å². The highest BCUT2D eigenvalue weighted by Gasteiger charge is 2.51. The Morgan fingerprint density at radius 2 is 1.78 bits per heavy atom. The van der Waals surface area contributed by atoms with Crippen LogP contribution in [0.2, 0.25) is 5.02 Å². The molecule has 2 amide bonds. The number of likely N-dealkylation sites (tertiary alicyclic amines) is 1. The van der Waals surface area contributed by atoms with Gasteiger partial charge in [0.2, 0.25) is 0 Å². The van der Waals surface area contributed by atoms with Gasteiger partial charge in [-0.3, -0.25) is 9.59 Å². The second-order valence-electron chi connectivity index (χ2n) is 6.98. The minimum Gasteiger partial charge on any atom is -0.363 e. The molecule has 0 aromatic heterocycles. The van der Waals surface area contributed by atoms with Crippen molar-refractivity contribution in [3.63, 3.8) is 0 Å². The van der Waals surface area contributed by atoms with E-state index in [2.05, 4.69) is 0 Å². The van der Waals surface area contributed by atoms with Crippen LogP contribution in [0.5, 0.6) is 0 Å². The number of amides is 2. The topological polar surface area (TPSA) is 77.2 Å². The number of carbonyl (C=O) groups excluding carboxylic acids is 3. The molecule has 1 aliphatic heterocycles. The number of primary amides is 1. The van der Waals surface area contributed by atoms with Crippen LogP contribution in [0.25, 0.3) is 0 Å². The van der Waals surface area contributed by atoms with Gasteiger partial charge in [0, 0.05) is 23.4 Å². The number of benzene rings is 2. The van der Waals surface area contributed by atoms with Crippen LogP contribution in [0.15, 0.2) is 54.6 Å². The number of quaternary nitrogens is 1. The van der Waals surface area contributed by atoms with Crippen molar-refractivity contribution in [2.75, 3.05) is 6.54 Å². The smallest absolute Gasteiger partial charge is 0.314 e. The average molecular weight is 386 g/mol. The zero-order chi connectivity index (χ0) is 19.4. The molecule has 3 rings (SSSR count). The van der Waals surface area contributed by atoms with Gasteiger partial charge in [-0.2, -0.15) is 0 Å². The van der Waals surface area contributed by atoms with Crippen molar-refractivity contribution in [2.24, 2.45) is 5.73 Å². The van der Waals surface area contributed by atoms with E-state index >= 15 is 0 Å². The van der Waals surface area contributed by atoms with Crippen LogP contribution in [-0.2, 0) is 27.3 Å². The maximum absolute atomic E-state index is 13.0. The van der Waals surface area contributed by atoms with Gasteiger partial charge in [0.1, 0.15) is 6.54 Å². The number of ketones is 1. The highest BCUT2D eigenvalue weighted by molar-refractivity contribution is 6.37. The van der Waals surface area contributed by atoms with Gasteiger partial charge in [0.25, 0.3) is 11.7 Å². The molecule has 0 aliphatic carbocycles. The quantitative estimate of drug-likeness (QED) is 0.588. The van der Waals surface area contributed by atoms with Crippen molar-refractivity contribution >= 4 is 29.2 Å². The summed E-state index contributed by atoms with van der Waals surface area (Å²) in [5, 5.41) is 0.568. The van der Waals surface area contributed by atoms with Crippen LogP contribution in [0.1, 0.15) is 24.0 Å². The summed E-state index contributed by atoms with van der Waals surface area (Å²) in [7, 11) is 0. The summed E-state index contributed by atoms with van der Waals surface area (Å²) in [6.45, 7) is 0.817. The zero-order valence-corrected chi connectivity index (χ0v) is 15.7. The number of Topliss-reactive ketones (excluding diaryl/α,β-unsaturated/α-hetero) is 1. The normalized spacial score (nSPS) is 20.4. The molecule has 140 valence electrons. The number of carbonyl (C=O) groups is 3. The largest absolute Gasteiger partial charge is 0.363 e. The van der Waals surface area contributed by atoms with Crippen molar-refractivity contribution in [1.82, 2.24) is 0 Å². The molecule has 0 bridgehead atoms. The summed E-state index contributed by atoms with van der Waals surface area (Å²) in [6.07, 6.45) is 1.35. The molecule has 2 unspecified atom stereocenters. The molecular weight excluding hydrogens is 364 g/mol. The second kappa shape index (κ2) is 8.03. The molecule has 2 aromatic carbocycles. The van der Waals surface area contributed by atoms with E-state index in [0.717, 1.165) is 11.1 Å². The zero-order valence-electron chi connectivity index (χ0n) is 14.9. The molecule has 1 heterocycles. The minimum absolute atomic E-state index is 0.0366. The van der Waals surface area contributed by atoms with Gasteiger partial charge in [0.15, 0.2) is 6.04 Å². The van der Waals surface area contributed by atoms with Gasteiger partial charge in [0.05, 0.1) is 13.0 Å². The Balaban J connectivity index is 2.04. The summed E-state index contributed by atoms with van der Waals surface area (Å²) in [5.41, 5.74) is 7.09. The summed E-state index contributed by atoms with van der Waals surface area (Å²) in [6, 6.07) is 15.8. The Labute approximate surface area is 163 Å². The van der Waals surface area contributed by atoms with Crippen LogP contribution < -0.4 is 5.73 Å². The van der Waals surface area contributed by atoms with Crippen molar-refractivity contribution in [1.29, 1.82) is 0 Å². The lowest BCUT2D eigenvalue weighted by Crippen LogP contribution is -2.61. The highest BCUT2D eigenvalue weighted by atomic mass is 35.5. The molecule has 0 spiro atoms. The summed E-state index contributed by atoms with van der Waals surface area (Å²) >= 11 is 6.10. The second-order valence-corrected chi connectivity index (χ2v) is 7.41. The first kappa shape index (κ1) is 19.3. The van der Waals surface area contributed by atoms with Gasteiger partial charge in [-0.1, -0.05) is 54.1 Å². The molecule has 0 saturated carbocycles. The lowest BCUT2D eigenvalue weighted by molar-refractivity contribution is -0.875. The van der Waals surface area contributed by atoms with Crippen LogP contribution in [0.3, 0.4) is 0 Å². The summed E-state index contributed by atoms with van der Waals surface area (Å²) in [5.74, 6) is -1.74. The van der Waals surface area contributed by atoms with Gasteiger partial charge < -0.3 is 5.73 Å². The Morgan fingerprint density at radius 3 is 2.37 bits per heavy atom. The number of rotatable bonds is 7. The monoisotopic (exact) mass is 385 g/mol. The Bertz CT molecular complexity index is 869. The third-order valence-corrected chi connectivity index (χ3v) is 5.45. The van der Waals surface area contributed by atoms with Crippen molar-refractivity contribution in [2.45, 2.75) is 31.8 Å². The first-order chi connectivity index (χ1) is 12.9. The molecule has 0 radical (unpaired) electrons. The van der Waals surface area contributed by atoms with Crippen LogP contribution >= 0.6 is 11.6 Å². The van der Waals surface area contributed by atoms with Crippen molar-refractivity contribution in [3.05, 3.63) is 70.7 Å². The van der Waals surface area contributed by atoms with E-state index in [1.165, 1.54) is 0 Å². The number of hydrogen-bond acceptors (Lipinski definition) is 3. The fraction of sp³-hybridized carbons (Fsp3) is 0.286. The Kier molecular flexibility index (Phi) is 5.73. The number of hydrogen-bond donors (Lipinski definition) is 1. The lowest BCUT2D eigenvalue weighted by Gasteiger charge is -2.38. The maximum atomic E-state index is 13.0. The lowest BCUT2D eigenvalue weighted by atomic mass is 9.97. The van der Waals surface area contributed by atoms with Crippen LogP contribution in [0, 0.1) is 0 Å². The molecule has 2 atom stereocenters. The molecule has 1 aliphatic rings. The molecule has 1 fully saturated rings. The first-order valence-electron chi connectivity index (χ1n) is 8.94. The van der Waals surface area contributed by atoms with Crippen molar-refractivity contribution < 1.29 is 18.9 Å². The first-order valence-corrected chi connectivity index (χ1v) is 9.32. The molecule has 6 heteroatoms. The SMILES string of the molecule is NC(=O)C(=O)C(Cc1ccccc1)[N+]1(Cc2cccc(Cl)c2)CCCC1=O. The van der Waals surface area contributed by atoms with E-state index in [4.69, 9.17) is 17.3 Å². The predicted octanol–water partition coefficient (Wildman–Crippen LogP) is 2.64. The Morgan fingerprint density at radius 1 is 1.07 bits per heavy atom. The number of nitrogens with zero attached hydrogens (tertiary/aromatic N) is 1. The molecule has 27 heavy (non-hydrogen) atoms. The predicted molar refractivity (Wildman–Crippen MR) is 103 cm³/mol. The van der Waals surface area contributed by atoms with E-state index < -0.39 is 17.7 Å². The van der Waals surface area contributed by atoms with Gasteiger partial charge in [-0.25, -0.2) is 9.28 Å². The molecule has 1 saturated heterocycles. The Hall–Kier alpha value is -2.50. The van der Waals surface area contributed by atoms with Crippen molar-refractivity contribution in [3.8, 4) is 0 Å². The number of nitrogens with two attached hydrogens (primary N) is 1. The van der Waals surface area contributed by atoms with E-state index in [1.54, 1.807) is 12.1 Å². The fourth-order valence-corrected chi connectivity index (χ4v) is 4.13. The molecule has 2 aromatic rings. The highest BCUT2D eigenvalue weighted by Crippen LogP contribution is 2.31. The van der Waals surface area contributed by atoms with E-state index in [0.29, 0.717) is 31.0 Å². The maximum Gasteiger partial charge on any atom is 0.314 e. The summed E-state index contributed by atoms with van der Waals surface area (Å²) < 4.78 is -0.0863. The van der Waals surface area contributed by atoms with E-state index in [1.807, 2.05) is 42.5 Å².